The summed E-state index contributed by atoms with van der Waals surface area (Å²) in [5.74, 6) is -1.82. The largest absolute Gasteiger partial charge is 0.383 e. The van der Waals surface area contributed by atoms with Gasteiger partial charge < -0.3 is 10.4 Å². The average molecular weight is 281 g/mol. The zero-order valence-electron chi connectivity index (χ0n) is 11.2. The van der Waals surface area contributed by atoms with Crippen LogP contribution in [-0.2, 0) is 10.4 Å². The molecule has 3 nitrogen and oxygen atoms in total. The molecule has 0 spiro atoms. The zero-order valence-corrected chi connectivity index (χ0v) is 11.2. The molecule has 1 atom stereocenters. The predicted octanol–water partition coefficient (Wildman–Crippen LogP) is 2.25. The van der Waals surface area contributed by atoms with Gasteiger partial charge in [-0.1, -0.05) is 18.2 Å². The molecule has 2 rings (SSSR count). The van der Waals surface area contributed by atoms with Crippen molar-refractivity contribution >= 4 is 5.91 Å². The standard InChI is InChI=1S/C15H17F2NO2/c1-15(20,12-7-6-11(16)8-13(12)17)9-18-14(19)10-4-2-3-5-10/h2-3,6-8,10,20H,4-5,9H2,1H3,(H,18,19). The molecule has 5 heteroatoms. The van der Waals surface area contributed by atoms with E-state index >= 15 is 0 Å². The molecule has 1 aliphatic carbocycles. The molecular weight excluding hydrogens is 264 g/mol. The van der Waals surface area contributed by atoms with Gasteiger partial charge >= 0.3 is 0 Å². The van der Waals surface area contributed by atoms with Crippen LogP contribution in [0.25, 0.3) is 0 Å². The Hall–Kier alpha value is -1.75. The number of halogens is 2. The van der Waals surface area contributed by atoms with Gasteiger partial charge in [-0.15, -0.1) is 0 Å². The van der Waals surface area contributed by atoms with E-state index in [-0.39, 0.29) is 23.9 Å². The third-order valence-corrected chi connectivity index (χ3v) is 3.50. The van der Waals surface area contributed by atoms with Crippen molar-refractivity contribution in [2.75, 3.05) is 6.54 Å². The van der Waals surface area contributed by atoms with E-state index in [2.05, 4.69) is 5.32 Å². The van der Waals surface area contributed by atoms with E-state index in [0.717, 1.165) is 6.07 Å². The van der Waals surface area contributed by atoms with Gasteiger partial charge in [-0.2, -0.15) is 0 Å². The molecule has 20 heavy (non-hydrogen) atoms. The third-order valence-electron chi connectivity index (χ3n) is 3.50. The molecule has 1 aliphatic rings. The van der Waals surface area contributed by atoms with Crippen LogP contribution in [0.3, 0.4) is 0 Å². The second kappa shape index (κ2) is 5.71. The molecule has 1 aromatic rings. The molecule has 0 radical (unpaired) electrons. The van der Waals surface area contributed by atoms with Crippen molar-refractivity contribution < 1.29 is 18.7 Å². The molecular formula is C15H17F2NO2. The van der Waals surface area contributed by atoms with Crippen molar-refractivity contribution in [3.05, 3.63) is 47.5 Å². The number of hydrogen-bond acceptors (Lipinski definition) is 2. The highest BCUT2D eigenvalue weighted by molar-refractivity contribution is 5.79. The summed E-state index contributed by atoms with van der Waals surface area (Å²) in [5.41, 5.74) is -1.62. The Kier molecular flexibility index (Phi) is 4.18. The number of allylic oxidation sites excluding steroid dienone is 2. The van der Waals surface area contributed by atoms with Gasteiger partial charge in [-0.25, -0.2) is 8.78 Å². The Balaban J connectivity index is 2.01. The second-order valence-electron chi connectivity index (χ2n) is 5.26. The van der Waals surface area contributed by atoms with Crippen LogP contribution >= 0.6 is 0 Å². The van der Waals surface area contributed by atoms with Crippen LogP contribution in [0.2, 0.25) is 0 Å². The fourth-order valence-corrected chi connectivity index (χ4v) is 2.26. The first-order valence-electron chi connectivity index (χ1n) is 6.51. The van der Waals surface area contributed by atoms with E-state index in [4.69, 9.17) is 0 Å². The number of amides is 1. The maximum absolute atomic E-state index is 13.6. The van der Waals surface area contributed by atoms with E-state index in [1.54, 1.807) is 0 Å². The molecule has 0 saturated carbocycles. The number of nitrogens with one attached hydrogen (secondary N) is 1. The number of carbonyl (C=O) groups excluding carboxylic acids is 1. The summed E-state index contributed by atoms with van der Waals surface area (Å²) in [6.45, 7) is 1.27. The van der Waals surface area contributed by atoms with Crippen molar-refractivity contribution in [1.29, 1.82) is 0 Å². The topological polar surface area (TPSA) is 49.3 Å². The minimum absolute atomic E-state index is 0.0382. The molecule has 0 bridgehead atoms. The van der Waals surface area contributed by atoms with Crippen molar-refractivity contribution in [3.63, 3.8) is 0 Å². The van der Waals surface area contributed by atoms with Gasteiger partial charge in [0, 0.05) is 17.5 Å². The van der Waals surface area contributed by atoms with Gasteiger partial charge in [0.15, 0.2) is 0 Å². The molecule has 0 fully saturated rings. The number of hydrogen-bond donors (Lipinski definition) is 2. The van der Waals surface area contributed by atoms with Gasteiger partial charge in [-0.3, -0.25) is 4.79 Å². The Morgan fingerprint density at radius 3 is 2.65 bits per heavy atom. The normalized spacial score (nSPS) is 18.0. The second-order valence-corrected chi connectivity index (χ2v) is 5.26. The summed E-state index contributed by atoms with van der Waals surface area (Å²) in [6.07, 6.45) is 5.22. The molecule has 0 aromatic heterocycles. The number of aliphatic hydroxyl groups is 1. The fraction of sp³-hybridized carbons (Fsp3) is 0.400. The fourth-order valence-electron chi connectivity index (χ4n) is 2.26. The summed E-state index contributed by atoms with van der Waals surface area (Å²) in [6, 6.07) is 2.98. The van der Waals surface area contributed by atoms with Crippen molar-refractivity contribution in [3.8, 4) is 0 Å². The summed E-state index contributed by atoms with van der Waals surface area (Å²) in [7, 11) is 0. The van der Waals surface area contributed by atoms with Crippen LogP contribution in [0.1, 0.15) is 25.3 Å². The molecule has 2 N–H and O–H groups in total. The molecule has 1 aromatic carbocycles. The van der Waals surface area contributed by atoms with E-state index in [1.165, 1.54) is 13.0 Å². The lowest BCUT2D eigenvalue weighted by Gasteiger charge is -2.25. The zero-order chi connectivity index (χ0) is 14.8. The van der Waals surface area contributed by atoms with Crippen molar-refractivity contribution in [2.45, 2.75) is 25.4 Å². The lowest BCUT2D eigenvalue weighted by molar-refractivity contribution is -0.125. The summed E-state index contributed by atoms with van der Waals surface area (Å²) < 4.78 is 26.5. The molecule has 1 amide bonds. The summed E-state index contributed by atoms with van der Waals surface area (Å²) in [5, 5.41) is 12.9. The summed E-state index contributed by atoms with van der Waals surface area (Å²) in [4.78, 5) is 11.8. The lowest BCUT2D eigenvalue weighted by Crippen LogP contribution is -2.41. The van der Waals surface area contributed by atoms with Gasteiger partial charge in [0.05, 0.1) is 6.54 Å². The monoisotopic (exact) mass is 281 g/mol. The SMILES string of the molecule is CC(O)(CNC(=O)C1CC=CC1)c1ccc(F)cc1F. The molecule has 0 heterocycles. The van der Waals surface area contributed by atoms with Crippen LogP contribution in [0.4, 0.5) is 8.78 Å². The smallest absolute Gasteiger partial charge is 0.223 e. The quantitative estimate of drug-likeness (QED) is 0.832. The first-order chi connectivity index (χ1) is 9.40. The highest BCUT2D eigenvalue weighted by Crippen LogP contribution is 2.24. The number of carbonyl (C=O) groups is 1. The first-order valence-corrected chi connectivity index (χ1v) is 6.51. The van der Waals surface area contributed by atoms with Gasteiger partial charge in [0.25, 0.3) is 0 Å². The van der Waals surface area contributed by atoms with Crippen LogP contribution in [0.15, 0.2) is 30.4 Å². The Morgan fingerprint density at radius 1 is 1.40 bits per heavy atom. The lowest BCUT2D eigenvalue weighted by atomic mass is 9.95. The molecule has 0 saturated heterocycles. The van der Waals surface area contributed by atoms with E-state index in [1.807, 2.05) is 12.2 Å². The molecule has 108 valence electrons. The van der Waals surface area contributed by atoms with Gasteiger partial charge in [-0.05, 0) is 25.8 Å². The van der Waals surface area contributed by atoms with Crippen molar-refractivity contribution in [1.82, 2.24) is 5.32 Å². The van der Waals surface area contributed by atoms with Crippen LogP contribution in [-0.4, -0.2) is 17.6 Å². The van der Waals surface area contributed by atoms with Gasteiger partial charge in [0.1, 0.15) is 17.2 Å². The highest BCUT2D eigenvalue weighted by atomic mass is 19.1. The van der Waals surface area contributed by atoms with Crippen LogP contribution in [0.5, 0.6) is 0 Å². The predicted molar refractivity (Wildman–Crippen MR) is 70.8 cm³/mol. The van der Waals surface area contributed by atoms with Crippen molar-refractivity contribution in [2.24, 2.45) is 5.92 Å². The third kappa shape index (κ3) is 3.22. The molecule has 1 unspecified atom stereocenters. The Bertz CT molecular complexity index is 533. The van der Waals surface area contributed by atoms with Crippen LogP contribution in [0, 0.1) is 17.6 Å². The summed E-state index contributed by atoms with van der Waals surface area (Å²) >= 11 is 0. The maximum atomic E-state index is 13.6. The van der Waals surface area contributed by atoms with E-state index < -0.39 is 17.2 Å². The van der Waals surface area contributed by atoms with E-state index in [0.29, 0.717) is 18.9 Å². The molecule has 0 aliphatic heterocycles. The number of benzene rings is 1. The maximum Gasteiger partial charge on any atom is 0.223 e. The minimum atomic E-state index is -1.58. The Labute approximate surface area is 116 Å². The number of rotatable bonds is 4. The average Bonchev–Trinajstić information content (AvgIpc) is 2.89. The van der Waals surface area contributed by atoms with Crippen LogP contribution < -0.4 is 5.32 Å². The first kappa shape index (κ1) is 14.7. The van der Waals surface area contributed by atoms with Gasteiger partial charge in [0.2, 0.25) is 5.91 Å². The van der Waals surface area contributed by atoms with E-state index in [9.17, 15) is 18.7 Å². The Morgan fingerprint density at radius 2 is 2.05 bits per heavy atom. The minimum Gasteiger partial charge on any atom is -0.383 e. The highest BCUT2D eigenvalue weighted by Gasteiger charge is 2.29.